The maximum absolute atomic E-state index is 14.5. The summed E-state index contributed by atoms with van der Waals surface area (Å²) in [5, 5.41) is 4.96. The Morgan fingerprint density at radius 2 is 1.59 bits per heavy atom. The third kappa shape index (κ3) is 10.2. The minimum Gasteiger partial charge on any atom is -0.335 e. The maximum Gasteiger partial charge on any atom is 0.416 e. The van der Waals surface area contributed by atoms with Crippen LogP contribution < -0.4 is 5.56 Å². The molecule has 1 unspecified atom stereocenters. The molecule has 0 saturated heterocycles. The van der Waals surface area contributed by atoms with E-state index in [4.69, 9.17) is 0 Å². The van der Waals surface area contributed by atoms with Crippen molar-refractivity contribution in [2.45, 2.75) is 70.9 Å². The number of hydrogen-bond acceptors (Lipinski definition) is 6. The number of aromatic nitrogens is 3. The van der Waals surface area contributed by atoms with Crippen molar-refractivity contribution in [2.75, 3.05) is 31.9 Å². The second kappa shape index (κ2) is 17.6. The first-order valence-electron chi connectivity index (χ1n) is 16.6. The van der Waals surface area contributed by atoms with Crippen molar-refractivity contribution in [1.82, 2.24) is 24.6 Å². The molecule has 262 valence electrons. The first kappa shape index (κ1) is 37.8. The number of thioether (sulfide) groups is 1. The maximum atomic E-state index is 14.5. The molecule has 4 rings (SSSR count). The highest BCUT2D eigenvalue weighted by Gasteiger charge is 2.30. The Bertz CT molecular complexity index is 1710. The summed E-state index contributed by atoms with van der Waals surface area (Å²) in [6.07, 6.45) is 3.30. The molecular weight excluding hydrogens is 654 g/mol. The van der Waals surface area contributed by atoms with E-state index in [9.17, 15) is 27.2 Å². The van der Waals surface area contributed by atoms with E-state index >= 15 is 0 Å². The Morgan fingerprint density at radius 1 is 0.939 bits per heavy atom. The fourth-order valence-corrected chi connectivity index (χ4v) is 6.41. The lowest BCUT2D eigenvalue weighted by molar-refractivity contribution is -0.138. The molecule has 0 N–H and O–H groups in total. The van der Waals surface area contributed by atoms with Crippen LogP contribution in [0.2, 0.25) is 0 Å². The minimum atomic E-state index is -4.40. The molecule has 0 fully saturated rings. The van der Waals surface area contributed by atoms with Gasteiger partial charge >= 0.3 is 6.18 Å². The molecule has 2 aromatic carbocycles. The monoisotopic (exact) mass is 697 g/mol. The van der Waals surface area contributed by atoms with Crippen LogP contribution in [0.15, 0.2) is 94.2 Å². The Balaban J connectivity index is 1.62. The molecule has 0 radical (unpaired) electrons. The van der Waals surface area contributed by atoms with E-state index in [0.717, 1.165) is 41.9 Å². The Morgan fingerprint density at radius 3 is 2.18 bits per heavy atom. The van der Waals surface area contributed by atoms with Gasteiger partial charge in [0.1, 0.15) is 17.6 Å². The highest BCUT2D eigenvalue weighted by atomic mass is 32.2. The van der Waals surface area contributed by atoms with Crippen LogP contribution in [-0.4, -0.2) is 62.4 Å². The summed E-state index contributed by atoms with van der Waals surface area (Å²) in [5.74, 6) is -0.0576. The zero-order valence-electron chi connectivity index (χ0n) is 28.3. The summed E-state index contributed by atoms with van der Waals surface area (Å²) < 4.78 is 54.5. The number of carbonyl (C=O) groups is 1. The molecule has 1 aliphatic rings. The molecule has 49 heavy (non-hydrogen) atoms. The van der Waals surface area contributed by atoms with E-state index in [2.05, 4.69) is 28.8 Å². The van der Waals surface area contributed by atoms with Crippen LogP contribution >= 0.6 is 11.8 Å². The van der Waals surface area contributed by atoms with Crippen LogP contribution in [0.5, 0.6) is 0 Å². The second-order valence-electron chi connectivity index (χ2n) is 11.7. The Kier molecular flexibility index (Phi) is 13.6. The van der Waals surface area contributed by atoms with Crippen molar-refractivity contribution in [3.05, 3.63) is 111 Å². The summed E-state index contributed by atoms with van der Waals surface area (Å²) in [7, 11) is 0. The van der Waals surface area contributed by atoms with Gasteiger partial charge in [-0.2, -0.15) is 23.3 Å². The van der Waals surface area contributed by atoms with Crippen molar-refractivity contribution in [3.63, 3.8) is 0 Å². The summed E-state index contributed by atoms with van der Waals surface area (Å²) in [6, 6.07) is 11.8. The molecule has 0 spiro atoms. The van der Waals surface area contributed by atoms with Crippen LogP contribution in [0.1, 0.15) is 63.4 Å². The van der Waals surface area contributed by atoms with Crippen molar-refractivity contribution in [1.29, 1.82) is 0 Å². The quantitative estimate of drug-likeness (QED) is 0.118. The average molecular weight is 698 g/mol. The molecule has 0 aliphatic heterocycles. The minimum absolute atomic E-state index is 0.164. The third-order valence-corrected chi connectivity index (χ3v) is 9.47. The van der Waals surface area contributed by atoms with E-state index in [1.54, 1.807) is 15.7 Å². The number of halogens is 4. The zero-order valence-corrected chi connectivity index (χ0v) is 29.2. The van der Waals surface area contributed by atoms with Crippen LogP contribution in [0, 0.1) is 0 Å². The highest BCUT2D eigenvalue weighted by molar-refractivity contribution is 7.99. The summed E-state index contributed by atoms with van der Waals surface area (Å²) in [4.78, 5) is 35.7. The summed E-state index contributed by atoms with van der Waals surface area (Å²) in [6.45, 7) is 10.9. The van der Waals surface area contributed by atoms with Gasteiger partial charge in [-0.3, -0.25) is 9.59 Å². The fourth-order valence-electron chi connectivity index (χ4n) is 5.45. The van der Waals surface area contributed by atoms with Crippen LogP contribution in [0.4, 0.5) is 17.6 Å². The van der Waals surface area contributed by atoms with Crippen LogP contribution in [0.25, 0.3) is 11.1 Å². The van der Waals surface area contributed by atoms with Gasteiger partial charge in [0, 0.05) is 25.4 Å². The lowest BCUT2D eigenvalue weighted by atomic mass is 10.0. The van der Waals surface area contributed by atoms with Crippen LogP contribution in [-0.2, 0) is 23.9 Å². The SMILES string of the molecule is CCc1nn(C(CC)C(=O)N(CCN(CC)CC)Cc2ccc(-c3ccc(C(F)(F)F)cc3)cc2)c(SCC2=CCC=C(F)C=C2)nc1=O. The number of allylic oxidation sites excluding steroid dienone is 5. The first-order chi connectivity index (χ1) is 23.5. The molecule has 0 saturated carbocycles. The van der Waals surface area contributed by atoms with Crippen molar-refractivity contribution >= 4 is 17.7 Å². The molecule has 0 bridgehead atoms. The first-order valence-corrected chi connectivity index (χ1v) is 17.6. The second-order valence-corrected chi connectivity index (χ2v) is 12.6. The van der Waals surface area contributed by atoms with Gasteiger partial charge in [-0.25, -0.2) is 9.07 Å². The number of amides is 1. The van der Waals surface area contributed by atoms with Gasteiger partial charge in [0.15, 0.2) is 5.16 Å². The number of benzene rings is 2. The molecule has 1 aliphatic carbocycles. The van der Waals surface area contributed by atoms with Gasteiger partial charge in [-0.05, 0) is 78.9 Å². The predicted molar refractivity (Wildman–Crippen MR) is 187 cm³/mol. The molecule has 12 heteroatoms. The van der Waals surface area contributed by atoms with E-state index in [1.807, 2.05) is 44.2 Å². The van der Waals surface area contributed by atoms with Crippen molar-refractivity contribution < 1.29 is 22.4 Å². The average Bonchev–Trinajstić information content (AvgIpc) is 3.31. The molecule has 7 nitrogen and oxygen atoms in total. The number of carbonyl (C=O) groups excluding carboxylic acids is 1. The third-order valence-electron chi connectivity index (χ3n) is 8.45. The molecule has 1 atom stereocenters. The number of likely N-dealkylation sites (N-methyl/N-ethyl adjacent to an activating group) is 1. The van der Waals surface area contributed by atoms with Gasteiger partial charge < -0.3 is 9.80 Å². The van der Waals surface area contributed by atoms with E-state index in [0.29, 0.717) is 55.4 Å². The lowest BCUT2D eigenvalue weighted by Crippen LogP contribution is -2.43. The topological polar surface area (TPSA) is 71.3 Å². The molecule has 1 aromatic heterocycles. The highest BCUT2D eigenvalue weighted by Crippen LogP contribution is 2.31. The number of nitrogens with zero attached hydrogens (tertiary/aromatic N) is 5. The number of hydrogen-bond donors (Lipinski definition) is 0. The van der Waals surface area contributed by atoms with Gasteiger partial charge in [0.05, 0.1) is 5.56 Å². The Labute approximate surface area is 289 Å². The number of aryl methyl sites for hydroxylation is 1. The normalized spacial score (nSPS) is 14.0. The van der Waals surface area contributed by atoms with Crippen molar-refractivity contribution in [2.24, 2.45) is 0 Å². The van der Waals surface area contributed by atoms with E-state index < -0.39 is 23.3 Å². The molecule has 1 heterocycles. The van der Waals surface area contributed by atoms with Crippen LogP contribution in [0.3, 0.4) is 0 Å². The predicted octanol–water partition coefficient (Wildman–Crippen LogP) is 8.04. The number of alkyl halides is 3. The fraction of sp³-hybridized carbons (Fsp3) is 0.405. The van der Waals surface area contributed by atoms with Gasteiger partial charge in [-0.1, -0.05) is 88.0 Å². The van der Waals surface area contributed by atoms with E-state index in [-0.39, 0.29) is 17.4 Å². The Hall–Kier alpha value is -4.03. The zero-order chi connectivity index (χ0) is 35.6. The smallest absolute Gasteiger partial charge is 0.335 e. The van der Waals surface area contributed by atoms with Crippen molar-refractivity contribution in [3.8, 4) is 11.1 Å². The summed E-state index contributed by atoms with van der Waals surface area (Å²) >= 11 is 1.28. The molecule has 1 amide bonds. The largest absolute Gasteiger partial charge is 0.416 e. The van der Waals surface area contributed by atoms with E-state index in [1.165, 1.54) is 36.0 Å². The lowest BCUT2D eigenvalue weighted by Gasteiger charge is -2.30. The summed E-state index contributed by atoms with van der Waals surface area (Å²) in [5.41, 5.74) is 2.28. The van der Waals surface area contributed by atoms with Gasteiger partial charge in [0.25, 0.3) is 5.56 Å². The molecular formula is C37H43F4N5O2S. The standard InChI is InChI=1S/C37H43F4N5O2S/c1-5-32-34(47)42-36(49-25-27-10-9-11-31(38)21-14-27)46(43-32)33(6-2)35(48)45(23-22-44(7-3)8-4)24-26-12-15-28(16-13-26)29-17-19-30(20-18-29)37(39,40)41/h10-21,33H,5-9,22-25H2,1-4H3. The number of rotatable bonds is 15. The molecule has 3 aromatic rings. The van der Waals surface area contributed by atoms with Gasteiger partial charge in [-0.15, -0.1) is 0 Å². The van der Waals surface area contributed by atoms with Gasteiger partial charge in [0.2, 0.25) is 5.91 Å².